The van der Waals surface area contributed by atoms with Crippen molar-refractivity contribution in [3.05, 3.63) is 39.9 Å². The summed E-state index contributed by atoms with van der Waals surface area (Å²) >= 11 is 12.0. The predicted molar refractivity (Wildman–Crippen MR) is 100 cm³/mol. The Morgan fingerprint density at radius 1 is 1.27 bits per heavy atom. The first kappa shape index (κ1) is 20.3. The molecule has 0 saturated carbocycles. The third kappa shape index (κ3) is 5.22. The van der Waals surface area contributed by atoms with E-state index < -0.39 is 12.0 Å². The number of aliphatic carboxylic acids is 1. The van der Waals surface area contributed by atoms with E-state index >= 15 is 0 Å². The van der Waals surface area contributed by atoms with E-state index in [0.717, 1.165) is 0 Å². The van der Waals surface area contributed by atoms with E-state index in [-0.39, 0.29) is 17.7 Å². The van der Waals surface area contributed by atoms with Crippen LogP contribution in [-0.4, -0.2) is 46.9 Å². The zero-order chi connectivity index (χ0) is 19.3. The molecule has 2 N–H and O–H groups in total. The number of carbonyl (C=O) groups excluding carboxylic acids is 2. The lowest BCUT2D eigenvalue weighted by atomic mass is 9.95. The Hall–Kier alpha value is -2.05. The molecule has 1 unspecified atom stereocenters. The molecule has 0 aromatic heterocycles. The zero-order valence-corrected chi connectivity index (χ0v) is 15.8. The molecule has 0 bridgehead atoms. The molecule has 1 atom stereocenters. The first-order valence-corrected chi connectivity index (χ1v) is 8.99. The Kier molecular flexibility index (Phi) is 7.06. The van der Waals surface area contributed by atoms with E-state index in [4.69, 9.17) is 28.3 Å². The van der Waals surface area contributed by atoms with Crippen molar-refractivity contribution in [2.75, 3.05) is 13.1 Å². The minimum Gasteiger partial charge on any atom is -0.480 e. The summed E-state index contributed by atoms with van der Waals surface area (Å²) in [5.74, 6) is -1.81. The van der Waals surface area contributed by atoms with Gasteiger partial charge in [0.2, 0.25) is 11.8 Å². The topological polar surface area (TPSA) is 86.7 Å². The maximum Gasteiger partial charge on any atom is 0.325 e. The van der Waals surface area contributed by atoms with Crippen LogP contribution in [0.2, 0.25) is 10.0 Å². The maximum absolute atomic E-state index is 12.3. The number of halogens is 2. The van der Waals surface area contributed by atoms with Crippen LogP contribution in [0, 0.1) is 5.92 Å². The molecular formula is C18H20Cl2N2O4. The maximum atomic E-state index is 12.3. The molecule has 0 radical (unpaired) electrons. The molecule has 1 heterocycles. The summed E-state index contributed by atoms with van der Waals surface area (Å²) in [5.41, 5.74) is 0.657. The lowest BCUT2D eigenvalue weighted by Crippen LogP contribution is -2.46. The fourth-order valence-corrected chi connectivity index (χ4v) is 3.04. The molecule has 1 aromatic rings. The van der Waals surface area contributed by atoms with Crippen molar-refractivity contribution in [1.29, 1.82) is 0 Å². The smallest absolute Gasteiger partial charge is 0.325 e. The summed E-state index contributed by atoms with van der Waals surface area (Å²) in [6.45, 7) is 2.29. The van der Waals surface area contributed by atoms with Gasteiger partial charge in [0, 0.05) is 25.1 Å². The van der Waals surface area contributed by atoms with Crippen LogP contribution >= 0.6 is 23.2 Å². The van der Waals surface area contributed by atoms with E-state index in [2.05, 4.69) is 5.32 Å². The monoisotopic (exact) mass is 398 g/mol. The second-order valence-electron chi connectivity index (χ2n) is 6.14. The van der Waals surface area contributed by atoms with E-state index in [1.165, 1.54) is 13.0 Å². The van der Waals surface area contributed by atoms with Gasteiger partial charge in [0.25, 0.3) is 0 Å². The zero-order valence-electron chi connectivity index (χ0n) is 14.2. The number of amides is 2. The van der Waals surface area contributed by atoms with E-state index in [0.29, 0.717) is 41.5 Å². The Morgan fingerprint density at radius 2 is 1.92 bits per heavy atom. The Labute approximate surface area is 161 Å². The Morgan fingerprint density at radius 3 is 2.54 bits per heavy atom. The number of rotatable bonds is 5. The highest BCUT2D eigenvalue weighted by Gasteiger charge is 2.28. The standard InChI is InChI=1S/C18H20Cl2N2O4/c1-11(18(25)26)21-17(24)13-7-9-22(10-8-13)15(23)6-5-12-3-2-4-14(19)16(12)20/h2-6,11,13H,7-10H2,1H3,(H,21,24)(H,25,26)/b6-5+. The lowest BCUT2D eigenvalue weighted by Gasteiger charge is -2.31. The third-order valence-electron chi connectivity index (χ3n) is 4.29. The van der Waals surface area contributed by atoms with Crippen molar-refractivity contribution in [3.8, 4) is 0 Å². The summed E-state index contributed by atoms with van der Waals surface area (Å²) in [6, 6.07) is 4.26. The number of likely N-dealkylation sites (tertiary alicyclic amines) is 1. The number of piperidine rings is 1. The van der Waals surface area contributed by atoms with Crippen molar-refractivity contribution < 1.29 is 19.5 Å². The van der Waals surface area contributed by atoms with E-state index in [1.54, 1.807) is 29.2 Å². The number of nitrogens with one attached hydrogen (secondary N) is 1. The average Bonchev–Trinajstić information content (AvgIpc) is 2.62. The molecule has 6 nitrogen and oxygen atoms in total. The van der Waals surface area contributed by atoms with Gasteiger partial charge in [0.1, 0.15) is 6.04 Å². The number of benzene rings is 1. The Bertz CT molecular complexity index is 728. The molecule has 2 amide bonds. The van der Waals surface area contributed by atoms with Crippen LogP contribution in [0.5, 0.6) is 0 Å². The van der Waals surface area contributed by atoms with Crippen LogP contribution in [0.15, 0.2) is 24.3 Å². The molecular weight excluding hydrogens is 379 g/mol. The van der Waals surface area contributed by atoms with Crippen molar-refractivity contribution >= 4 is 47.1 Å². The fraction of sp³-hybridized carbons (Fsp3) is 0.389. The van der Waals surface area contributed by atoms with Crippen molar-refractivity contribution in [2.24, 2.45) is 5.92 Å². The second kappa shape index (κ2) is 9.05. The summed E-state index contributed by atoms with van der Waals surface area (Å²) < 4.78 is 0. The predicted octanol–water partition coefficient (Wildman–Crippen LogP) is 2.83. The minimum atomic E-state index is -1.07. The second-order valence-corrected chi connectivity index (χ2v) is 6.93. The third-order valence-corrected chi connectivity index (χ3v) is 5.13. The molecule has 1 fully saturated rings. The van der Waals surface area contributed by atoms with Crippen LogP contribution in [0.3, 0.4) is 0 Å². The van der Waals surface area contributed by atoms with E-state index in [9.17, 15) is 14.4 Å². The number of carbonyl (C=O) groups is 3. The highest BCUT2D eigenvalue weighted by Crippen LogP contribution is 2.26. The van der Waals surface area contributed by atoms with Crippen molar-refractivity contribution in [2.45, 2.75) is 25.8 Å². The molecule has 1 aliphatic rings. The van der Waals surface area contributed by atoms with Gasteiger partial charge in [-0.3, -0.25) is 14.4 Å². The summed E-state index contributed by atoms with van der Waals surface area (Å²) in [7, 11) is 0. The minimum absolute atomic E-state index is 0.168. The molecule has 1 aliphatic heterocycles. The first-order chi connectivity index (χ1) is 12.3. The van der Waals surface area contributed by atoms with Gasteiger partial charge in [-0.05, 0) is 37.5 Å². The Balaban J connectivity index is 1.88. The van der Waals surface area contributed by atoms with Gasteiger partial charge in [0.05, 0.1) is 10.0 Å². The average molecular weight is 399 g/mol. The number of nitrogens with zero attached hydrogens (tertiary/aromatic N) is 1. The lowest BCUT2D eigenvalue weighted by molar-refractivity contribution is -0.142. The van der Waals surface area contributed by atoms with Crippen LogP contribution in [0.1, 0.15) is 25.3 Å². The van der Waals surface area contributed by atoms with Gasteiger partial charge in [0.15, 0.2) is 0 Å². The molecule has 1 aromatic carbocycles. The number of hydrogen-bond donors (Lipinski definition) is 2. The fourth-order valence-electron chi connectivity index (χ4n) is 2.67. The number of hydrogen-bond acceptors (Lipinski definition) is 3. The summed E-state index contributed by atoms with van der Waals surface area (Å²) in [6.07, 6.45) is 4.04. The largest absolute Gasteiger partial charge is 0.480 e. The van der Waals surface area contributed by atoms with Gasteiger partial charge in [-0.1, -0.05) is 35.3 Å². The number of carboxylic acids is 1. The molecule has 1 saturated heterocycles. The van der Waals surface area contributed by atoms with Crippen LogP contribution in [0.25, 0.3) is 6.08 Å². The first-order valence-electron chi connectivity index (χ1n) is 8.23. The molecule has 0 spiro atoms. The van der Waals surface area contributed by atoms with Gasteiger partial charge >= 0.3 is 5.97 Å². The normalized spacial score (nSPS) is 16.5. The summed E-state index contributed by atoms with van der Waals surface area (Å²) in [4.78, 5) is 36.8. The highest BCUT2D eigenvalue weighted by molar-refractivity contribution is 6.42. The van der Waals surface area contributed by atoms with Crippen molar-refractivity contribution in [1.82, 2.24) is 10.2 Å². The molecule has 8 heteroatoms. The van der Waals surface area contributed by atoms with Crippen LogP contribution in [0.4, 0.5) is 0 Å². The quantitative estimate of drug-likeness (QED) is 0.746. The van der Waals surface area contributed by atoms with Gasteiger partial charge in [-0.25, -0.2) is 0 Å². The van der Waals surface area contributed by atoms with Gasteiger partial charge in [-0.2, -0.15) is 0 Å². The highest BCUT2D eigenvalue weighted by atomic mass is 35.5. The van der Waals surface area contributed by atoms with Gasteiger partial charge in [-0.15, -0.1) is 0 Å². The molecule has 140 valence electrons. The SMILES string of the molecule is CC(NC(=O)C1CCN(C(=O)/C=C/c2cccc(Cl)c2Cl)CC1)C(=O)O. The van der Waals surface area contributed by atoms with Gasteiger partial charge < -0.3 is 15.3 Å². The van der Waals surface area contributed by atoms with Crippen molar-refractivity contribution in [3.63, 3.8) is 0 Å². The molecule has 2 rings (SSSR count). The number of carboxylic acid groups (broad SMARTS) is 1. The molecule has 26 heavy (non-hydrogen) atoms. The van der Waals surface area contributed by atoms with E-state index in [1.807, 2.05) is 0 Å². The molecule has 0 aliphatic carbocycles. The van der Waals surface area contributed by atoms with Crippen LogP contribution in [-0.2, 0) is 14.4 Å². The van der Waals surface area contributed by atoms with Crippen LogP contribution < -0.4 is 5.32 Å². The summed E-state index contributed by atoms with van der Waals surface area (Å²) in [5, 5.41) is 12.1.